The Balaban J connectivity index is 1.88. The van der Waals surface area contributed by atoms with Crippen molar-refractivity contribution in [2.45, 2.75) is 59.0 Å². The van der Waals surface area contributed by atoms with Gasteiger partial charge in [0.15, 0.2) is 0 Å². The molecule has 0 aliphatic heterocycles. The summed E-state index contributed by atoms with van der Waals surface area (Å²) in [6, 6.07) is 7.30. The zero-order valence-electron chi connectivity index (χ0n) is 15.1. The van der Waals surface area contributed by atoms with E-state index in [2.05, 4.69) is 29.8 Å². The quantitative estimate of drug-likeness (QED) is 0.774. The fourth-order valence-electron chi connectivity index (χ4n) is 3.30. The van der Waals surface area contributed by atoms with E-state index in [9.17, 15) is 9.59 Å². The van der Waals surface area contributed by atoms with Crippen LogP contribution in [0.4, 0.5) is 11.4 Å². The molecule has 1 aromatic carbocycles. The highest BCUT2D eigenvalue weighted by atomic mass is 16.2. The number of anilines is 2. The van der Waals surface area contributed by atoms with Crippen LogP contribution in [-0.2, 0) is 9.59 Å². The van der Waals surface area contributed by atoms with Crippen LogP contribution in [0.15, 0.2) is 24.3 Å². The van der Waals surface area contributed by atoms with Gasteiger partial charge in [0, 0.05) is 24.3 Å². The number of carbonyl (C=O) groups excluding carboxylic acids is 2. The lowest BCUT2D eigenvalue weighted by molar-refractivity contribution is -0.118. The minimum atomic E-state index is -0.238. The molecule has 2 rings (SSSR count). The second kappa shape index (κ2) is 8.29. The van der Waals surface area contributed by atoms with Gasteiger partial charge in [0.2, 0.25) is 11.8 Å². The van der Waals surface area contributed by atoms with E-state index in [4.69, 9.17) is 0 Å². The lowest BCUT2D eigenvalue weighted by Crippen LogP contribution is -2.49. The van der Waals surface area contributed by atoms with Crippen molar-refractivity contribution in [3.63, 3.8) is 0 Å². The molecule has 1 saturated carbocycles. The number of amides is 2. The lowest BCUT2D eigenvalue weighted by Gasteiger charge is -2.36. The SMILES string of the molecule is CC(=O)Nc1ccc(NC(=O)C(C)NC2CCCC(C)C2C)cc1. The van der Waals surface area contributed by atoms with Gasteiger partial charge in [-0.2, -0.15) is 0 Å². The molecule has 0 radical (unpaired) electrons. The number of carbonyl (C=O) groups is 2. The molecule has 1 aliphatic carbocycles. The Bertz CT molecular complexity index is 570. The number of hydrogen-bond acceptors (Lipinski definition) is 3. The minimum absolute atomic E-state index is 0.0345. The fourth-order valence-corrected chi connectivity index (χ4v) is 3.30. The average molecular weight is 331 g/mol. The summed E-state index contributed by atoms with van der Waals surface area (Å²) >= 11 is 0. The third kappa shape index (κ3) is 5.06. The Morgan fingerprint density at radius 3 is 2.21 bits per heavy atom. The highest BCUT2D eigenvalue weighted by Crippen LogP contribution is 2.29. The van der Waals surface area contributed by atoms with Crippen molar-refractivity contribution < 1.29 is 9.59 Å². The van der Waals surface area contributed by atoms with Gasteiger partial charge >= 0.3 is 0 Å². The van der Waals surface area contributed by atoms with E-state index in [1.54, 1.807) is 24.3 Å². The predicted octanol–water partition coefficient (Wildman–Crippen LogP) is 3.39. The highest BCUT2D eigenvalue weighted by molar-refractivity contribution is 5.95. The number of benzene rings is 1. The first kappa shape index (κ1) is 18.5. The molecule has 2 amide bonds. The van der Waals surface area contributed by atoms with Crippen molar-refractivity contribution in [3.05, 3.63) is 24.3 Å². The summed E-state index contributed by atoms with van der Waals surface area (Å²) in [5, 5.41) is 9.12. The van der Waals surface area contributed by atoms with Crippen LogP contribution in [0.2, 0.25) is 0 Å². The summed E-state index contributed by atoms with van der Waals surface area (Å²) in [6.07, 6.45) is 3.64. The van der Waals surface area contributed by atoms with E-state index in [-0.39, 0.29) is 17.9 Å². The smallest absolute Gasteiger partial charge is 0.241 e. The van der Waals surface area contributed by atoms with Crippen molar-refractivity contribution in [3.8, 4) is 0 Å². The predicted molar refractivity (Wildman–Crippen MR) is 97.9 cm³/mol. The van der Waals surface area contributed by atoms with Crippen molar-refractivity contribution in [2.75, 3.05) is 10.6 Å². The van der Waals surface area contributed by atoms with Gasteiger partial charge in [-0.25, -0.2) is 0 Å². The number of nitrogens with one attached hydrogen (secondary N) is 3. The zero-order valence-corrected chi connectivity index (χ0v) is 15.1. The van der Waals surface area contributed by atoms with Crippen LogP contribution < -0.4 is 16.0 Å². The molecule has 1 fully saturated rings. The molecular formula is C19H29N3O2. The van der Waals surface area contributed by atoms with Gasteiger partial charge in [-0.3, -0.25) is 9.59 Å². The monoisotopic (exact) mass is 331 g/mol. The second-order valence-electron chi connectivity index (χ2n) is 7.01. The largest absolute Gasteiger partial charge is 0.326 e. The highest BCUT2D eigenvalue weighted by Gasteiger charge is 2.29. The van der Waals surface area contributed by atoms with Crippen molar-refractivity contribution >= 4 is 23.2 Å². The van der Waals surface area contributed by atoms with E-state index in [1.165, 1.54) is 19.8 Å². The maximum atomic E-state index is 12.4. The summed E-state index contributed by atoms with van der Waals surface area (Å²) in [5.41, 5.74) is 1.45. The summed E-state index contributed by atoms with van der Waals surface area (Å²) < 4.78 is 0. The molecule has 4 atom stereocenters. The molecule has 5 nitrogen and oxygen atoms in total. The van der Waals surface area contributed by atoms with Gasteiger partial charge in [0.25, 0.3) is 0 Å². The Morgan fingerprint density at radius 1 is 1.04 bits per heavy atom. The third-order valence-corrected chi connectivity index (χ3v) is 5.04. The van der Waals surface area contributed by atoms with Crippen LogP contribution in [0.25, 0.3) is 0 Å². The van der Waals surface area contributed by atoms with Crippen LogP contribution in [0.3, 0.4) is 0 Å². The lowest BCUT2D eigenvalue weighted by atomic mass is 9.78. The first-order valence-electron chi connectivity index (χ1n) is 8.81. The molecule has 1 aliphatic rings. The van der Waals surface area contributed by atoms with Crippen molar-refractivity contribution in [1.82, 2.24) is 5.32 Å². The van der Waals surface area contributed by atoms with Crippen LogP contribution in [0.5, 0.6) is 0 Å². The van der Waals surface area contributed by atoms with E-state index >= 15 is 0 Å². The number of hydrogen-bond donors (Lipinski definition) is 3. The molecule has 4 unspecified atom stereocenters. The zero-order chi connectivity index (χ0) is 17.7. The van der Waals surface area contributed by atoms with Gasteiger partial charge in [0.1, 0.15) is 0 Å². The van der Waals surface area contributed by atoms with Crippen LogP contribution in [0.1, 0.15) is 47.0 Å². The maximum absolute atomic E-state index is 12.4. The number of rotatable bonds is 5. The molecule has 1 aromatic rings. The summed E-state index contributed by atoms with van der Waals surface area (Å²) in [4.78, 5) is 23.4. The third-order valence-electron chi connectivity index (χ3n) is 5.04. The fraction of sp³-hybridized carbons (Fsp3) is 0.579. The van der Waals surface area contributed by atoms with Crippen molar-refractivity contribution in [1.29, 1.82) is 0 Å². The van der Waals surface area contributed by atoms with E-state index in [1.807, 2.05) is 6.92 Å². The van der Waals surface area contributed by atoms with E-state index < -0.39 is 0 Å². The van der Waals surface area contributed by atoms with Gasteiger partial charge in [-0.1, -0.05) is 26.7 Å². The molecule has 0 bridgehead atoms. The first-order chi connectivity index (χ1) is 11.4. The average Bonchev–Trinajstić information content (AvgIpc) is 2.53. The first-order valence-corrected chi connectivity index (χ1v) is 8.81. The van der Waals surface area contributed by atoms with Crippen molar-refractivity contribution in [2.24, 2.45) is 11.8 Å². The van der Waals surface area contributed by atoms with E-state index in [0.717, 1.165) is 17.8 Å². The Labute approximate surface area is 144 Å². The molecule has 0 spiro atoms. The normalized spacial score (nSPS) is 24.9. The van der Waals surface area contributed by atoms with Crippen LogP contribution in [0, 0.1) is 11.8 Å². The van der Waals surface area contributed by atoms with Gasteiger partial charge in [0.05, 0.1) is 6.04 Å². The molecule has 5 heteroatoms. The standard InChI is InChI=1S/C19H29N3O2/c1-12-6-5-7-18(13(12)2)20-14(3)19(24)22-17-10-8-16(9-11-17)21-15(4)23/h8-14,18,20H,5-7H2,1-4H3,(H,21,23)(H,22,24). The van der Waals surface area contributed by atoms with Gasteiger partial charge in [-0.15, -0.1) is 0 Å². The molecule has 0 saturated heterocycles. The van der Waals surface area contributed by atoms with Crippen LogP contribution in [-0.4, -0.2) is 23.9 Å². The molecule has 0 heterocycles. The Hall–Kier alpha value is -1.88. The Kier molecular flexibility index (Phi) is 6.37. The minimum Gasteiger partial charge on any atom is -0.326 e. The van der Waals surface area contributed by atoms with E-state index in [0.29, 0.717) is 17.9 Å². The summed E-state index contributed by atoms with van der Waals surface area (Å²) in [6.45, 7) is 7.94. The van der Waals surface area contributed by atoms with Gasteiger partial charge < -0.3 is 16.0 Å². The topological polar surface area (TPSA) is 70.2 Å². The molecule has 0 aromatic heterocycles. The second-order valence-corrected chi connectivity index (χ2v) is 7.01. The molecule has 132 valence electrons. The molecule has 3 N–H and O–H groups in total. The summed E-state index contributed by atoms with van der Waals surface area (Å²) in [5.74, 6) is 1.15. The van der Waals surface area contributed by atoms with Crippen LogP contribution >= 0.6 is 0 Å². The maximum Gasteiger partial charge on any atom is 0.241 e. The molecule has 24 heavy (non-hydrogen) atoms. The van der Waals surface area contributed by atoms with Gasteiger partial charge in [-0.05, 0) is 49.4 Å². The summed E-state index contributed by atoms with van der Waals surface area (Å²) in [7, 11) is 0. The Morgan fingerprint density at radius 2 is 1.62 bits per heavy atom. The molecular weight excluding hydrogens is 302 g/mol.